The largest absolute Gasteiger partial charge is 0.493 e. The lowest BCUT2D eigenvalue weighted by atomic mass is 9.90. The van der Waals surface area contributed by atoms with Crippen molar-refractivity contribution in [1.29, 1.82) is 0 Å². The molecule has 0 unspecified atom stereocenters. The Hall–Kier alpha value is -2.37. The van der Waals surface area contributed by atoms with Crippen LogP contribution in [0.15, 0.2) is 28.8 Å². The highest BCUT2D eigenvalue weighted by molar-refractivity contribution is 5.77. The number of nitrogens with one attached hydrogen (secondary N) is 1. The molecule has 2 aromatic rings. The van der Waals surface area contributed by atoms with Gasteiger partial charge in [-0.05, 0) is 37.8 Å². The molecule has 1 amide bonds. The SMILES string of the molecule is Cc1noc([C@@H](C)NC(=O)C[C@@H]2CCOc3ccccc32)n1. The zero-order valence-electron chi connectivity index (χ0n) is 12.7. The van der Waals surface area contributed by atoms with E-state index in [1.807, 2.05) is 31.2 Å². The molecule has 6 nitrogen and oxygen atoms in total. The van der Waals surface area contributed by atoms with Crippen molar-refractivity contribution in [3.8, 4) is 5.75 Å². The van der Waals surface area contributed by atoms with Crippen molar-refractivity contribution in [3.05, 3.63) is 41.5 Å². The number of fused-ring (bicyclic) bond motifs is 1. The normalized spacial score (nSPS) is 18.2. The maximum Gasteiger partial charge on any atom is 0.248 e. The Labute approximate surface area is 128 Å². The molecule has 0 bridgehead atoms. The number of carbonyl (C=O) groups excluding carboxylic acids is 1. The van der Waals surface area contributed by atoms with Gasteiger partial charge >= 0.3 is 0 Å². The maximum atomic E-state index is 12.3. The molecule has 1 aliphatic heterocycles. The second-order valence-electron chi connectivity index (χ2n) is 5.55. The number of aromatic nitrogens is 2. The molecule has 0 radical (unpaired) electrons. The number of hydrogen-bond donors (Lipinski definition) is 1. The average Bonchev–Trinajstić information content (AvgIpc) is 2.94. The van der Waals surface area contributed by atoms with E-state index >= 15 is 0 Å². The Morgan fingerprint density at radius 2 is 2.27 bits per heavy atom. The number of ether oxygens (including phenoxy) is 1. The van der Waals surface area contributed by atoms with Gasteiger partial charge in [-0.25, -0.2) is 0 Å². The van der Waals surface area contributed by atoms with Crippen LogP contribution in [0.3, 0.4) is 0 Å². The van der Waals surface area contributed by atoms with Crippen LogP contribution in [0.25, 0.3) is 0 Å². The lowest BCUT2D eigenvalue weighted by Crippen LogP contribution is -2.29. The van der Waals surface area contributed by atoms with Crippen molar-refractivity contribution in [2.45, 2.75) is 38.6 Å². The lowest BCUT2D eigenvalue weighted by molar-refractivity contribution is -0.122. The Bertz CT molecular complexity index is 668. The van der Waals surface area contributed by atoms with E-state index < -0.39 is 0 Å². The molecule has 1 aromatic heterocycles. The number of amides is 1. The molecule has 2 atom stereocenters. The van der Waals surface area contributed by atoms with E-state index in [2.05, 4.69) is 15.5 Å². The third-order valence-corrected chi connectivity index (χ3v) is 3.81. The summed E-state index contributed by atoms with van der Waals surface area (Å²) in [6, 6.07) is 7.60. The average molecular weight is 301 g/mol. The first kappa shape index (κ1) is 14.6. The van der Waals surface area contributed by atoms with Gasteiger partial charge in [0.15, 0.2) is 5.82 Å². The lowest BCUT2D eigenvalue weighted by Gasteiger charge is -2.25. The number of hydrogen-bond acceptors (Lipinski definition) is 5. The molecule has 6 heteroatoms. The molecule has 0 saturated carbocycles. The van der Waals surface area contributed by atoms with E-state index in [4.69, 9.17) is 9.26 Å². The zero-order chi connectivity index (χ0) is 15.5. The molecule has 2 heterocycles. The van der Waals surface area contributed by atoms with E-state index in [9.17, 15) is 4.79 Å². The summed E-state index contributed by atoms with van der Waals surface area (Å²) in [5.41, 5.74) is 1.10. The summed E-state index contributed by atoms with van der Waals surface area (Å²) in [5.74, 6) is 2.03. The van der Waals surface area contributed by atoms with Crippen LogP contribution in [0.2, 0.25) is 0 Å². The van der Waals surface area contributed by atoms with Gasteiger partial charge in [0.2, 0.25) is 11.8 Å². The van der Waals surface area contributed by atoms with Crippen molar-refractivity contribution in [3.63, 3.8) is 0 Å². The van der Waals surface area contributed by atoms with Gasteiger partial charge in [0.25, 0.3) is 0 Å². The van der Waals surface area contributed by atoms with Gasteiger partial charge in [-0.3, -0.25) is 4.79 Å². The van der Waals surface area contributed by atoms with Crippen LogP contribution in [0.4, 0.5) is 0 Å². The molecule has 0 saturated heterocycles. The molecule has 1 aliphatic rings. The highest BCUT2D eigenvalue weighted by atomic mass is 16.5. The van der Waals surface area contributed by atoms with Gasteiger partial charge in [-0.15, -0.1) is 0 Å². The minimum Gasteiger partial charge on any atom is -0.493 e. The van der Waals surface area contributed by atoms with Crippen LogP contribution in [0, 0.1) is 6.92 Å². The second-order valence-corrected chi connectivity index (χ2v) is 5.55. The smallest absolute Gasteiger partial charge is 0.248 e. The van der Waals surface area contributed by atoms with Crippen molar-refractivity contribution < 1.29 is 14.1 Å². The summed E-state index contributed by atoms with van der Waals surface area (Å²) < 4.78 is 10.7. The number of rotatable bonds is 4. The highest BCUT2D eigenvalue weighted by Gasteiger charge is 2.24. The van der Waals surface area contributed by atoms with Gasteiger partial charge in [0, 0.05) is 6.42 Å². The topological polar surface area (TPSA) is 77.2 Å². The Morgan fingerprint density at radius 1 is 1.45 bits per heavy atom. The Kier molecular flexibility index (Phi) is 4.09. The fourth-order valence-electron chi connectivity index (χ4n) is 2.70. The molecule has 22 heavy (non-hydrogen) atoms. The minimum absolute atomic E-state index is 0.0231. The van der Waals surface area contributed by atoms with E-state index in [1.54, 1.807) is 6.92 Å². The third-order valence-electron chi connectivity index (χ3n) is 3.81. The molecule has 0 spiro atoms. The first-order valence-electron chi connectivity index (χ1n) is 7.45. The van der Waals surface area contributed by atoms with Gasteiger partial charge < -0.3 is 14.6 Å². The Balaban J connectivity index is 1.63. The quantitative estimate of drug-likeness (QED) is 0.939. The van der Waals surface area contributed by atoms with E-state index in [-0.39, 0.29) is 17.9 Å². The van der Waals surface area contributed by atoms with Crippen LogP contribution in [-0.4, -0.2) is 22.7 Å². The number of para-hydroxylation sites is 1. The van der Waals surface area contributed by atoms with Gasteiger partial charge in [-0.1, -0.05) is 23.4 Å². The first-order chi connectivity index (χ1) is 10.6. The molecular weight excluding hydrogens is 282 g/mol. The molecule has 0 fully saturated rings. The molecule has 1 aromatic carbocycles. The summed E-state index contributed by atoms with van der Waals surface area (Å²) in [5, 5.41) is 6.65. The predicted molar refractivity (Wildman–Crippen MR) is 79.5 cm³/mol. The van der Waals surface area contributed by atoms with E-state index in [1.165, 1.54) is 0 Å². The van der Waals surface area contributed by atoms with Crippen molar-refractivity contribution in [2.75, 3.05) is 6.61 Å². The van der Waals surface area contributed by atoms with Crippen LogP contribution in [-0.2, 0) is 4.79 Å². The van der Waals surface area contributed by atoms with E-state index in [0.717, 1.165) is 17.7 Å². The van der Waals surface area contributed by atoms with Crippen LogP contribution in [0.1, 0.15) is 49.0 Å². The van der Waals surface area contributed by atoms with Crippen molar-refractivity contribution >= 4 is 5.91 Å². The summed E-state index contributed by atoms with van der Waals surface area (Å²) in [6.07, 6.45) is 1.27. The summed E-state index contributed by atoms with van der Waals surface area (Å²) in [6.45, 7) is 4.23. The molecule has 0 aliphatic carbocycles. The number of benzene rings is 1. The Morgan fingerprint density at radius 3 is 3.05 bits per heavy atom. The monoisotopic (exact) mass is 301 g/mol. The van der Waals surface area contributed by atoms with Crippen molar-refractivity contribution in [1.82, 2.24) is 15.5 Å². The van der Waals surface area contributed by atoms with Crippen molar-refractivity contribution in [2.24, 2.45) is 0 Å². The minimum atomic E-state index is -0.288. The van der Waals surface area contributed by atoms with Gasteiger partial charge in [-0.2, -0.15) is 4.98 Å². The number of carbonyl (C=O) groups is 1. The highest BCUT2D eigenvalue weighted by Crippen LogP contribution is 2.35. The van der Waals surface area contributed by atoms with E-state index in [0.29, 0.717) is 24.7 Å². The van der Waals surface area contributed by atoms with Crippen LogP contribution >= 0.6 is 0 Å². The third kappa shape index (κ3) is 3.10. The molecule has 1 N–H and O–H groups in total. The fraction of sp³-hybridized carbons (Fsp3) is 0.438. The van der Waals surface area contributed by atoms with Gasteiger partial charge in [0.1, 0.15) is 11.8 Å². The van der Waals surface area contributed by atoms with Crippen LogP contribution in [0.5, 0.6) is 5.75 Å². The van der Waals surface area contributed by atoms with Gasteiger partial charge in [0.05, 0.1) is 6.61 Å². The fourth-order valence-corrected chi connectivity index (χ4v) is 2.70. The summed E-state index contributed by atoms with van der Waals surface area (Å²) in [4.78, 5) is 16.4. The summed E-state index contributed by atoms with van der Waals surface area (Å²) in [7, 11) is 0. The first-order valence-corrected chi connectivity index (χ1v) is 7.45. The molecular formula is C16H19N3O3. The maximum absolute atomic E-state index is 12.3. The zero-order valence-corrected chi connectivity index (χ0v) is 12.7. The summed E-state index contributed by atoms with van der Waals surface area (Å²) >= 11 is 0. The molecule has 3 rings (SSSR count). The number of aryl methyl sites for hydroxylation is 1. The number of nitrogens with zero attached hydrogens (tertiary/aromatic N) is 2. The predicted octanol–water partition coefficient (Wildman–Crippen LogP) is 2.51. The standard InChI is InChI=1S/C16H19N3O3/c1-10(16-18-11(2)19-22-16)17-15(20)9-12-7-8-21-14-6-4-3-5-13(12)14/h3-6,10,12H,7-9H2,1-2H3,(H,17,20)/t10-,12+/m1/s1. The second kappa shape index (κ2) is 6.17. The molecule has 116 valence electrons. The van der Waals surface area contributed by atoms with Crippen LogP contribution < -0.4 is 10.1 Å².